The van der Waals surface area contributed by atoms with Crippen LogP contribution in [0.15, 0.2) is 28.7 Å². The van der Waals surface area contributed by atoms with E-state index in [0.29, 0.717) is 19.0 Å². The molecule has 1 unspecified atom stereocenters. The van der Waals surface area contributed by atoms with Gasteiger partial charge in [0.2, 0.25) is 11.8 Å². The minimum absolute atomic E-state index is 0.0543. The van der Waals surface area contributed by atoms with E-state index in [-0.39, 0.29) is 17.7 Å². The predicted octanol–water partition coefficient (Wildman–Crippen LogP) is 3.96. The first-order chi connectivity index (χ1) is 11.1. The summed E-state index contributed by atoms with van der Waals surface area (Å²) in [4.78, 5) is 26.8. The smallest absolute Gasteiger partial charge is 0.229 e. The standard InChI is InChI=1S/C18H23BrN2O2/c19-15-9-5-6-10-16(15)20-18(23)13-11-17(22)21(12-13)14-7-3-1-2-4-8-14/h5-6,9-10,13-14H,1-4,7-8,11-12H2,(H,20,23). The molecule has 1 N–H and O–H groups in total. The molecule has 0 spiro atoms. The Hall–Kier alpha value is -1.36. The van der Waals surface area contributed by atoms with Crippen molar-refractivity contribution in [2.75, 3.05) is 11.9 Å². The topological polar surface area (TPSA) is 49.4 Å². The van der Waals surface area contributed by atoms with Crippen molar-refractivity contribution in [1.29, 1.82) is 0 Å². The Bertz CT molecular complexity index is 582. The Labute approximate surface area is 145 Å². The van der Waals surface area contributed by atoms with E-state index in [1.807, 2.05) is 29.2 Å². The zero-order valence-corrected chi connectivity index (χ0v) is 14.8. The number of carbonyl (C=O) groups excluding carboxylic acids is 2. The van der Waals surface area contributed by atoms with Crippen molar-refractivity contribution in [1.82, 2.24) is 4.90 Å². The second-order valence-corrected chi connectivity index (χ2v) is 7.42. The minimum atomic E-state index is -0.238. The fraction of sp³-hybridized carbons (Fsp3) is 0.556. The van der Waals surface area contributed by atoms with E-state index in [2.05, 4.69) is 21.2 Å². The molecule has 124 valence electrons. The van der Waals surface area contributed by atoms with Gasteiger partial charge in [-0.15, -0.1) is 0 Å². The Morgan fingerprint density at radius 3 is 2.52 bits per heavy atom. The highest BCUT2D eigenvalue weighted by atomic mass is 79.9. The predicted molar refractivity (Wildman–Crippen MR) is 94.1 cm³/mol. The maximum atomic E-state index is 12.5. The minimum Gasteiger partial charge on any atom is -0.339 e. The normalized spacial score (nSPS) is 22.9. The third-order valence-electron chi connectivity index (χ3n) is 4.93. The van der Waals surface area contributed by atoms with Gasteiger partial charge in [0.15, 0.2) is 0 Å². The molecule has 1 aliphatic carbocycles. The van der Waals surface area contributed by atoms with Crippen molar-refractivity contribution < 1.29 is 9.59 Å². The van der Waals surface area contributed by atoms with Gasteiger partial charge in [0.1, 0.15) is 0 Å². The molecule has 1 aromatic rings. The van der Waals surface area contributed by atoms with Crippen molar-refractivity contribution in [2.45, 2.75) is 51.0 Å². The van der Waals surface area contributed by atoms with Gasteiger partial charge in [0, 0.05) is 23.5 Å². The first-order valence-electron chi connectivity index (χ1n) is 8.50. The quantitative estimate of drug-likeness (QED) is 0.809. The molecule has 1 saturated carbocycles. The Morgan fingerprint density at radius 1 is 1.13 bits per heavy atom. The van der Waals surface area contributed by atoms with Gasteiger partial charge >= 0.3 is 0 Å². The SMILES string of the molecule is O=C(Nc1ccccc1Br)C1CC(=O)N(C2CCCCCC2)C1. The van der Waals surface area contributed by atoms with Crippen molar-refractivity contribution in [3.05, 3.63) is 28.7 Å². The molecule has 2 aliphatic rings. The van der Waals surface area contributed by atoms with Crippen molar-refractivity contribution in [3.63, 3.8) is 0 Å². The van der Waals surface area contributed by atoms with E-state index in [9.17, 15) is 9.59 Å². The first-order valence-corrected chi connectivity index (χ1v) is 9.29. The number of para-hydroxylation sites is 1. The van der Waals surface area contributed by atoms with Gasteiger partial charge in [-0.3, -0.25) is 9.59 Å². The van der Waals surface area contributed by atoms with Crippen molar-refractivity contribution in [3.8, 4) is 0 Å². The number of halogens is 1. The Morgan fingerprint density at radius 2 is 1.83 bits per heavy atom. The number of carbonyl (C=O) groups is 2. The number of hydrogen-bond acceptors (Lipinski definition) is 2. The molecular formula is C18H23BrN2O2. The second-order valence-electron chi connectivity index (χ2n) is 6.56. The Kier molecular flexibility index (Phi) is 5.36. The zero-order valence-electron chi connectivity index (χ0n) is 13.3. The molecule has 0 aromatic heterocycles. The summed E-state index contributed by atoms with van der Waals surface area (Å²) in [5.41, 5.74) is 0.762. The molecular weight excluding hydrogens is 356 g/mol. The number of hydrogen-bond donors (Lipinski definition) is 1. The van der Waals surface area contributed by atoms with E-state index < -0.39 is 0 Å². The zero-order chi connectivity index (χ0) is 16.2. The second kappa shape index (κ2) is 7.47. The van der Waals surface area contributed by atoms with Crippen LogP contribution in [0.1, 0.15) is 44.9 Å². The summed E-state index contributed by atoms with van der Waals surface area (Å²) in [7, 11) is 0. The molecule has 23 heavy (non-hydrogen) atoms. The lowest BCUT2D eigenvalue weighted by molar-refractivity contribution is -0.130. The van der Waals surface area contributed by atoms with E-state index in [1.165, 1.54) is 25.7 Å². The van der Waals surface area contributed by atoms with Crippen LogP contribution in [-0.2, 0) is 9.59 Å². The molecule has 1 saturated heterocycles. The van der Waals surface area contributed by atoms with E-state index in [1.54, 1.807) is 0 Å². The van der Waals surface area contributed by atoms with Crippen LogP contribution in [0.25, 0.3) is 0 Å². The summed E-state index contributed by atoms with van der Waals surface area (Å²) in [6.45, 7) is 0.569. The number of amides is 2. The molecule has 1 aliphatic heterocycles. The molecule has 0 bridgehead atoms. The highest BCUT2D eigenvalue weighted by Crippen LogP contribution is 2.29. The van der Waals surface area contributed by atoms with Crippen LogP contribution in [-0.4, -0.2) is 29.3 Å². The van der Waals surface area contributed by atoms with Crippen LogP contribution in [0.2, 0.25) is 0 Å². The van der Waals surface area contributed by atoms with Crippen LogP contribution in [0.5, 0.6) is 0 Å². The van der Waals surface area contributed by atoms with Crippen molar-refractivity contribution in [2.24, 2.45) is 5.92 Å². The van der Waals surface area contributed by atoms with Gasteiger partial charge in [-0.2, -0.15) is 0 Å². The van der Waals surface area contributed by atoms with E-state index >= 15 is 0 Å². The number of nitrogens with zero attached hydrogens (tertiary/aromatic N) is 1. The van der Waals surface area contributed by atoms with Gasteiger partial charge in [0.05, 0.1) is 11.6 Å². The average Bonchev–Trinajstić information content (AvgIpc) is 2.75. The molecule has 5 heteroatoms. The van der Waals surface area contributed by atoms with Crippen LogP contribution in [0.3, 0.4) is 0 Å². The average molecular weight is 379 g/mol. The maximum Gasteiger partial charge on any atom is 0.229 e. The lowest BCUT2D eigenvalue weighted by atomic mass is 10.1. The van der Waals surface area contributed by atoms with E-state index in [0.717, 1.165) is 23.0 Å². The largest absolute Gasteiger partial charge is 0.339 e. The van der Waals surface area contributed by atoms with Crippen LogP contribution < -0.4 is 5.32 Å². The third kappa shape index (κ3) is 3.94. The van der Waals surface area contributed by atoms with Gasteiger partial charge in [-0.25, -0.2) is 0 Å². The van der Waals surface area contributed by atoms with E-state index in [4.69, 9.17) is 0 Å². The van der Waals surface area contributed by atoms with Crippen LogP contribution in [0, 0.1) is 5.92 Å². The molecule has 1 atom stereocenters. The summed E-state index contributed by atoms with van der Waals surface area (Å²) >= 11 is 3.44. The third-order valence-corrected chi connectivity index (χ3v) is 5.62. The summed E-state index contributed by atoms with van der Waals surface area (Å²) in [5, 5.41) is 2.94. The van der Waals surface area contributed by atoms with Gasteiger partial charge in [-0.05, 0) is 40.9 Å². The number of rotatable bonds is 3. The molecule has 1 aromatic carbocycles. The fourth-order valence-electron chi connectivity index (χ4n) is 3.63. The fourth-order valence-corrected chi connectivity index (χ4v) is 4.01. The van der Waals surface area contributed by atoms with Crippen molar-refractivity contribution >= 4 is 33.4 Å². The molecule has 2 amide bonds. The number of benzene rings is 1. The van der Waals surface area contributed by atoms with Crippen LogP contribution >= 0.6 is 15.9 Å². The first kappa shape index (κ1) is 16.5. The molecule has 1 heterocycles. The molecule has 0 radical (unpaired) electrons. The maximum absolute atomic E-state index is 12.5. The van der Waals surface area contributed by atoms with Gasteiger partial charge in [-0.1, -0.05) is 37.8 Å². The molecule has 3 rings (SSSR count). The van der Waals surface area contributed by atoms with Gasteiger partial charge in [0.25, 0.3) is 0 Å². The molecule has 2 fully saturated rings. The summed E-state index contributed by atoms with van der Waals surface area (Å²) < 4.78 is 0.860. The highest BCUT2D eigenvalue weighted by Gasteiger charge is 2.37. The summed E-state index contributed by atoms with van der Waals surface area (Å²) in [6.07, 6.45) is 7.45. The monoisotopic (exact) mass is 378 g/mol. The summed E-state index contributed by atoms with van der Waals surface area (Å²) in [5.74, 6) is -0.150. The number of anilines is 1. The summed E-state index contributed by atoms with van der Waals surface area (Å²) in [6, 6.07) is 7.89. The lowest BCUT2D eigenvalue weighted by Gasteiger charge is -2.27. The highest BCUT2D eigenvalue weighted by molar-refractivity contribution is 9.10. The van der Waals surface area contributed by atoms with Gasteiger partial charge < -0.3 is 10.2 Å². The van der Waals surface area contributed by atoms with Crippen LogP contribution in [0.4, 0.5) is 5.69 Å². The number of nitrogens with one attached hydrogen (secondary N) is 1. The molecule has 4 nitrogen and oxygen atoms in total. The lowest BCUT2D eigenvalue weighted by Crippen LogP contribution is -2.37. The Balaban J connectivity index is 1.62. The number of likely N-dealkylation sites (tertiary alicyclic amines) is 1.